The molecule has 1 amide bonds. The van der Waals surface area contributed by atoms with Crippen LogP contribution >= 0.6 is 0 Å². The predicted molar refractivity (Wildman–Crippen MR) is 75.6 cm³/mol. The van der Waals surface area contributed by atoms with Crippen LogP contribution in [0.3, 0.4) is 0 Å². The third kappa shape index (κ3) is 2.02. The minimum atomic E-state index is -0.193. The minimum Gasteiger partial charge on any atom is -0.369 e. The number of nitrogens with zero attached hydrogens (tertiary/aromatic N) is 1. The van der Waals surface area contributed by atoms with E-state index in [1.54, 1.807) is 0 Å². The van der Waals surface area contributed by atoms with Crippen molar-refractivity contribution in [3.05, 3.63) is 36.0 Å². The summed E-state index contributed by atoms with van der Waals surface area (Å²) in [6.07, 6.45) is 3.93. The van der Waals surface area contributed by atoms with Crippen LogP contribution in [0.2, 0.25) is 0 Å². The lowest BCUT2D eigenvalue weighted by molar-refractivity contribution is -0.125. The lowest BCUT2D eigenvalue weighted by atomic mass is 9.84. The Kier molecular flexibility index (Phi) is 3.03. The maximum absolute atomic E-state index is 11.7. The molecule has 2 aromatic rings. The summed E-state index contributed by atoms with van der Waals surface area (Å²) in [5, 5.41) is 1.19. The molecule has 0 radical (unpaired) electrons. The van der Waals surface area contributed by atoms with E-state index in [9.17, 15) is 4.79 Å². The molecule has 1 fully saturated rings. The summed E-state index contributed by atoms with van der Waals surface area (Å²) < 4.78 is 0. The van der Waals surface area contributed by atoms with Crippen LogP contribution in [0, 0.1) is 5.92 Å². The molecule has 2 heterocycles. The van der Waals surface area contributed by atoms with Crippen LogP contribution < -0.4 is 5.73 Å². The number of nitrogens with two attached hydrogens (primary N) is 1. The highest BCUT2D eigenvalue weighted by Crippen LogP contribution is 2.38. The summed E-state index contributed by atoms with van der Waals surface area (Å²) in [5.41, 5.74) is 7.89. The molecule has 1 aliphatic rings. The van der Waals surface area contributed by atoms with Crippen molar-refractivity contribution >= 4 is 16.8 Å². The van der Waals surface area contributed by atoms with E-state index in [2.05, 4.69) is 29.1 Å². The number of likely N-dealkylation sites (tertiary alicyclic amines) is 1. The molecule has 19 heavy (non-hydrogen) atoms. The fraction of sp³-hybridized carbons (Fsp3) is 0.400. The van der Waals surface area contributed by atoms with E-state index < -0.39 is 0 Å². The first kappa shape index (κ1) is 12.2. The van der Waals surface area contributed by atoms with E-state index in [1.165, 1.54) is 10.9 Å². The number of rotatable bonds is 2. The van der Waals surface area contributed by atoms with Crippen molar-refractivity contribution < 1.29 is 4.79 Å². The molecule has 100 valence electrons. The number of nitrogens with one attached hydrogen (secondary N) is 1. The summed E-state index contributed by atoms with van der Waals surface area (Å²) in [6, 6.07) is 8.28. The van der Waals surface area contributed by atoms with Crippen molar-refractivity contribution in [2.45, 2.75) is 18.9 Å². The van der Waals surface area contributed by atoms with Gasteiger partial charge >= 0.3 is 0 Å². The van der Waals surface area contributed by atoms with Crippen LogP contribution in [0.4, 0.5) is 0 Å². The third-order valence-electron chi connectivity index (χ3n) is 4.19. The maximum atomic E-state index is 11.7. The zero-order valence-electron chi connectivity index (χ0n) is 11.1. The van der Waals surface area contributed by atoms with Gasteiger partial charge in [0.1, 0.15) is 0 Å². The number of carbonyl (C=O) groups excluding carboxylic acids is 1. The number of aromatic nitrogens is 1. The number of hydrogen-bond donors (Lipinski definition) is 2. The van der Waals surface area contributed by atoms with Crippen LogP contribution in [-0.4, -0.2) is 29.4 Å². The Hall–Kier alpha value is -1.81. The fourth-order valence-electron chi connectivity index (χ4n) is 3.26. The van der Waals surface area contributed by atoms with Gasteiger partial charge in [-0.15, -0.1) is 0 Å². The number of benzene rings is 1. The van der Waals surface area contributed by atoms with Gasteiger partial charge in [0.2, 0.25) is 5.91 Å². The van der Waals surface area contributed by atoms with Crippen molar-refractivity contribution in [2.24, 2.45) is 11.7 Å². The standard InChI is InChI=1S/C15H19N3O/c1-18-8-4-6-11(15(16)19)14(18)12-9-17-13-7-3-2-5-10(12)13/h2-3,5,7,9,11,14,17H,4,6,8H2,1H3,(H2,16,19). The Morgan fingerprint density at radius 1 is 1.42 bits per heavy atom. The molecule has 4 heteroatoms. The average Bonchev–Trinajstić information content (AvgIpc) is 2.82. The predicted octanol–water partition coefficient (Wildman–Crippen LogP) is 2.04. The van der Waals surface area contributed by atoms with Crippen LogP contribution in [-0.2, 0) is 4.79 Å². The molecule has 0 saturated carbocycles. The van der Waals surface area contributed by atoms with E-state index in [0.29, 0.717) is 0 Å². The molecule has 0 bridgehead atoms. The molecule has 0 aliphatic carbocycles. The molecular weight excluding hydrogens is 238 g/mol. The Labute approximate surface area is 112 Å². The number of fused-ring (bicyclic) bond motifs is 1. The van der Waals surface area contributed by atoms with Crippen molar-refractivity contribution in [3.8, 4) is 0 Å². The van der Waals surface area contributed by atoms with Gasteiger partial charge in [0.15, 0.2) is 0 Å². The average molecular weight is 257 g/mol. The van der Waals surface area contributed by atoms with Gasteiger partial charge in [-0.2, -0.15) is 0 Å². The van der Waals surface area contributed by atoms with Gasteiger partial charge in [0, 0.05) is 23.1 Å². The number of amides is 1. The maximum Gasteiger partial charge on any atom is 0.222 e. The van der Waals surface area contributed by atoms with Gasteiger partial charge in [-0.05, 0) is 38.1 Å². The van der Waals surface area contributed by atoms with E-state index in [-0.39, 0.29) is 17.9 Å². The summed E-state index contributed by atoms with van der Waals surface area (Å²) in [7, 11) is 2.07. The highest BCUT2D eigenvalue weighted by Gasteiger charge is 2.35. The lowest BCUT2D eigenvalue weighted by Gasteiger charge is -2.37. The molecule has 2 atom stereocenters. The van der Waals surface area contributed by atoms with Crippen LogP contribution in [0.1, 0.15) is 24.4 Å². The zero-order valence-corrected chi connectivity index (χ0v) is 11.1. The smallest absolute Gasteiger partial charge is 0.222 e. The molecule has 2 unspecified atom stereocenters. The molecule has 3 N–H and O–H groups in total. The van der Waals surface area contributed by atoms with Gasteiger partial charge in [-0.25, -0.2) is 0 Å². The van der Waals surface area contributed by atoms with Crippen molar-refractivity contribution in [1.82, 2.24) is 9.88 Å². The lowest BCUT2D eigenvalue weighted by Crippen LogP contribution is -2.41. The summed E-state index contributed by atoms with van der Waals surface area (Å²) in [5.74, 6) is -0.292. The summed E-state index contributed by atoms with van der Waals surface area (Å²) >= 11 is 0. The number of aromatic amines is 1. The van der Waals surface area contributed by atoms with Crippen LogP contribution in [0.25, 0.3) is 10.9 Å². The molecule has 1 aliphatic heterocycles. The first-order chi connectivity index (χ1) is 9.18. The van der Waals surface area contributed by atoms with Gasteiger partial charge < -0.3 is 10.7 Å². The first-order valence-electron chi connectivity index (χ1n) is 6.74. The van der Waals surface area contributed by atoms with Crippen molar-refractivity contribution in [2.75, 3.05) is 13.6 Å². The van der Waals surface area contributed by atoms with E-state index in [0.717, 1.165) is 24.9 Å². The van der Waals surface area contributed by atoms with Crippen LogP contribution in [0.5, 0.6) is 0 Å². The van der Waals surface area contributed by atoms with Gasteiger partial charge in [0.05, 0.1) is 5.92 Å². The van der Waals surface area contributed by atoms with Gasteiger partial charge in [-0.3, -0.25) is 9.69 Å². The first-order valence-corrected chi connectivity index (χ1v) is 6.74. The Balaban J connectivity index is 2.09. The number of H-pyrrole nitrogens is 1. The molecule has 3 rings (SSSR count). The molecule has 1 aromatic heterocycles. The molecule has 4 nitrogen and oxygen atoms in total. The largest absolute Gasteiger partial charge is 0.369 e. The minimum absolute atomic E-state index is 0.0856. The second-order valence-corrected chi connectivity index (χ2v) is 5.37. The number of piperidine rings is 1. The van der Waals surface area contributed by atoms with Crippen LogP contribution in [0.15, 0.2) is 30.5 Å². The number of hydrogen-bond acceptors (Lipinski definition) is 2. The molecule has 1 aromatic carbocycles. The zero-order chi connectivity index (χ0) is 13.4. The Morgan fingerprint density at radius 3 is 3.00 bits per heavy atom. The number of primary amides is 1. The quantitative estimate of drug-likeness (QED) is 0.864. The normalized spacial score (nSPS) is 24.7. The number of para-hydroxylation sites is 1. The fourth-order valence-corrected chi connectivity index (χ4v) is 3.26. The van der Waals surface area contributed by atoms with Gasteiger partial charge in [0.25, 0.3) is 0 Å². The number of carbonyl (C=O) groups is 1. The van der Waals surface area contributed by atoms with Gasteiger partial charge in [-0.1, -0.05) is 18.2 Å². The Morgan fingerprint density at radius 2 is 2.21 bits per heavy atom. The summed E-state index contributed by atoms with van der Waals surface area (Å²) in [6.45, 7) is 1.01. The highest BCUT2D eigenvalue weighted by molar-refractivity contribution is 5.85. The Bertz CT molecular complexity index is 604. The SMILES string of the molecule is CN1CCCC(C(N)=O)C1c1c[nH]c2ccccc12. The second-order valence-electron chi connectivity index (χ2n) is 5.37. The van der Waals surface area contributed by atoms with Crippen molar-refractivity contribution in [1.29, 1.82) is 0 Å². The highest BCUT2D eigenvalue weighted by atomic mass is 16.1. The topological polar surface area (TPSA) is 62.1 Å². The molecular formula is C15H19N3O. The van der Waals surface area contributed by atoms with E-state index in [1.807, 2.05) is 18.3 Å². The molecule has 1 saturated heterocycles. The molecule has 0 spiro atoms. The third-order valence-corrected chi connectivity index (χ3v) is 4.19. The van der Waals surface area contributed by atoms with Crippen molar-refractivity contribution in [3.63, 3.8) is 0 Å². The monoisotopic (exact) mass is 257 g/mol. The summed E-state index contributed by atoms with van der Waals surface area (Å²) in [4.78, 5) is 17.3. The van der Waals surface area contributed by atoms with E-state index >= 15 is 0 Å². The van der Waals surface area contributed by atoms with E-state index in [4.69, 9.17) is 5.73 Å². The second kappa shape index (κ2) is 4.70.